The Labute approximate surface area is 136 Å². The van der Waals surface area contributed by atoms with Gasteiger partial charge < -0.3 is 19.6 Å². The number of rotatable bonds is 7. The highest BCUT2D eigenvalue weighted by Crippen LogP contribution is 2.21. The third-order valence-electron chi connectivity index (χ3n) is 3.21. The molecule has 0 aliphatic rings. The van der Waals surface area contributed by atoms with Crippen LogP contribution in [0.25, 0.3) is 0 Å². The Morgan fingerprint density at radius 2 is 2.04 bits per heavy atom. The minimum absolute atomic E-state index is 0.0484. The molecule has 6 nitrogen and oxygen atoms in total. The van der Waals surface area contributed by atoms with Crippen LogP contribution in [0.2, 0.25) is 0 Å². The molecule has 8 heteroatoms. The van der Waals surface area contributed by atoms with Gasteiger partial charge in [-0.3, -0.25) is 4.79 Å². The summed E-state index contributed by atoms with van der Waals surface area (Å²) in [5.74, 6) is -1.85. The van der Waals surface area contributed by atoms with Crippen molar-refractivity contribution in [2.75, 3.05) is 0 Å². The molecule has 0 saturated heterocycles. The number of ether oxygens (including phenoxy) is 1. The number of halogens is 2. The number of carbonyl (C=O) groups excluding carboxylic acids is 1. The van der Waals surface area contributed by atoms with E-state index in [2.05, 4.69) is 10.1 Å². The number of amides is 1. The first-order valence-corrected chi connectivity index (χ1v) is 7.09. The average Bonchev–Trinajstić information content (AvgIpc) is 2.98. The van der Waals surface area contributed by atoms with Crippen LogP contribution in [-0.4, -0.2) is 23.6 Å². The van der Waals surface area contributed by atoms with Gasteiger partial charge in [0.05, 0.1) is 0 Å². The number of hydrogen-bond donors (Lipinski definition) is 2. The number of carbonyl (C=O) groups is 2. The highest BCUT2D eigenvalue weighted by molar-refractivity contribution is 5.96. The number of para-hydroxylation sites is 1. The molecule has 128 valence electrons. The predicted molar refractivity (Wildman–Crippen MR) is 79.3 cm³/mol. The summed E-state index contributed by atoms with van der Waals surface area (Å²) < 4.78 is 34.3. The maximum absolute atomic E-state index is 12.3. The largest absolute Gasteiger partial charge is 0.478 e. The molecule has 0 aliphatic carbocycles. The summed E-state index contributed by atoms with van der Waals surface area (Å²) in [5, 5.41) is 11.5. The molecule has 0 aliphatic heterocycles. The number of nitrogens with one attached hydrogen (secondary N) is 1. The third kappa shape index (κ3) is 4.09. The summed E-state index contributed by atoms with van der Waals surface area (Å²) in [5.41, 5.74) is 0.274. The van der Waals surface area contributed by atoms with Gasteiger partial charge in [-0.15, -0.1) is 0 Å². The van der Waals surface area contributed by atoms with Crippen molar-refractivity contribution >= 4 is 11.9 Å². The molecule has 1 amide bonds. The maximum Gasteiger partial charge on any atom is 0.387 e. The topological polar surface area (TPSA) is 88.8 Å². The third-order valence-corrected chi connectivity index (χ3v) is 3.21. The maximum atomic E-state index is 12.3. The molecule has 0 spiro atoms. The Hall–Kier alpha value is -2.90. The van der Waals surface area contributed by atoms with E-state index in [9.17, 15) is 18.4 Å². The second-order valence-electron chi connectivity index (χ2n) is 4.78. The standard InChI is InChI=1S/C16H15F2NO5/c1-2-11-10(15(21)22)7-13(23-11)14(20)19-8-9-5-3-4-6-12(9)24-16(17)18/h3-7,16H,2,8H2,1H3,(H,19,20)(H,21,22). The number of carboxylic acid groups (broad SMARTS) is 1. The van der Waals surface area contributed by atoms with Gasteiger partial charge in [-0.05, 0) is 6.07 Å². The van der Waals surface area contributed by atoms with E-state index >= 15 is 0 Å². The fourth-order valence-corrected chi connectivity index (χ4v) is 2.11. The van der Waals surface area contributed by atoms with Gasteiger partial charge in [-0.1, -0.05) is 25.1 Å². The molecule has 0 atom stereocenters. The van der Waals surface area contributed by atoms with Crippen LogP contribution in [0.15, 0.2) is 34.7 Å². The summed E-state index contributed by atoms with van der Waals surface area (Å²) >= 11 is 0. The number of hydrogen-bond acceptors (Lipinski definition) is 4. The molecule has 0 bridgehead atoms. The Morgan fingerprint density at radius 3 is 2.62 bits per heavy atom. The Morgan fingerprint density at radius 1 is 1.33 bits per heavy atom. The van der Waals surface area contributed by atoms with Crippen LogP contribution in [-0.2, 0) is 13.0 Å². The van der Waals surface area contributed by atoms with Crippen LogP contribution < -0.4 is 10.1 Å². The van der Waals surface area contributed by atoms with Crippen molar-refractivity contribution in [2.24, 2.45) is 0 Å². The van der Waals surface area contributed by atoms with Crippen LogP contribution in [0, 0.1) is 0 Å². The number of furan rings is 1. The molecule has 1 heterocycles. The first kappa shape index (κ1) is 17.5. The van der Waals surface area contributed by atoms with E-state index in [4.69, 9.17) is 9.52 Å². The second-order valence-corrected chi connectivity index (χ2v) is 4.78. The lowest BCUT2D eigenvalue weighted by Crippen LogP contribution is -2.22. The summed E-state index contributed by atoms with van der Waals surface area (Å²) in [7, 11) is 0. The fourth-order valence-electron chi connectivity index (χ4n) is 2.11. The molecule has 0 fully saturated rings. The van der Waals surface area contributed by atoms with Crippen molar-refractivity contribution in [3.63, 3.8) is 0 Å². The van der Waals surface area contributed by atoms with Gasteiger partial charge in [0.25, 0.3) is 5.91 Å². The van der Waals surface area contributed by atoms with E-state index in [0.717, 1.165) is 6.07 Å². The van der Waals surface area contributed by atoms with Crippen LogP contribution in [0.5, 0.6) is 5.75 Å². The Bertz CT molecular complexity index is 742. The quantitative estimate of drug-likeness (QED) is 0.809. The lowest BCUT2D eigenvalue weighted by atomic mass is 10.2. The molecule has 0 radical (unpaired) electrons. The van der Waals surface area contributed by atoms with Gasteiger partial charge >= 0.3 is 12.6 Å². The van der Waals surface area contributed by atoms with Crippen LogP contribution in [0.4, 0.5) is 8.78 Å². The van der Waals surface area contributed by atoms with E-state index in [1.165, 1.54) is 18.2 Å². The summed E-state index contributed by atoms with van der Waals surface area (Å²) in [4.78, 5) is 23.1. The number of benzene rings is 1. The minimum atomic E-state index is -2.97. The normalized spacial score (nSPS) is 10.7. The fraction of sp³-hybridized carbons (Fsp3) is 0.250. The van der Waals surface area contributed by atoms with E-state index in [0.29, 0.717) is 12.0 Å². The van der Waals surface area contributed by atoms with Crippen LogP contribution in [0.1, 0.15) is 39.2 Å². The molecule has 0 unspecified atom stereocenters. The smallest absolute Gasteiger partial charge is 0.387 e. The van der Waals surface area contributed by atoms with Crippen LogP contribution >= 0.6 is 0 Å². The second kappa shape index (κ2) is 7.58. The molecule has 2 aromatic rings. The Balaban J connectivity index is 2.10. The molecule has 2 N–H and O–H groups in total. The van der Waals surface area contributed by atoms with E-state index < -0.39 is 18.5 Å². The molecule has 1 aromatic carbocycles. The first-order valence-electron chi connectivity index (χ1n) is 7.09. The summed E-state index contributed by atoms with van der Waals surface area (Å²) in [6, 6.07) is 7.17. The number of aryl methyl sites for hydroxylation is 1. The van der Waals surface area contributed by atoms with Gasteiger partial charge in [0, 0.05) is 24.6 Å². The molecule has 24 heavy (non-hydrogen) atoms. The van der Waals surface area contributed by atoms with E-state index in [1.54, 1.807) is 13.0 Å². The zero-order valence-electron chi connectivity index (χ0n) is 12.7. The average molecular weight is 339 g/mol. The SMILES string of the molecule is CCc1oc(C(=O)NCc2ccccc2OC(F)F)cc1C(=O)O. The van der Waals surface area contributed by atoms with Crippen molar-refractivity contribution in [2.45, 2.75) is 26.5 Å². The monoisotopic (exact) mass is 339 g/mol. The number of carboxylic acids is 1. The van der Waals surface area contributed by atoms with Crippen molar-refractivity contribution in [3.05, 3.63) is 53.0 Å². The highest BCUT2D eigenvalue weighted by atomic mass is 19.3. The van der Waals surface area contributed by atoms with Crippen molar-refractivity contribution < 1.29 is 32.6 Å². The van der Waals surface area contributed by atoms with Gasteiger partial charge in [0.15, 0.2) is 5.76 Å². The summed E-state index contributed by atoms with van der Waals surface area (Å²) in [6.07, 6.45) is 0.319. The molecule has 0 saturated carbocycles. The Kier molecular flexibility index (Phi) is 5.51. The molecular formula is C16H15F2NO5. The highest BCUT2D eigenvalue weighted by Gasteiger charge is 2.20. The minimum Gasteiger partial charge on any atom is -0.478 e. The summed E-state index contributed by atoms with van der Waals surface area (Å²) in [6.45, 7) is -1.35. The zero-order chi connectivity index (χ0) is 17.7. The van der Waals surface area contributed by atoms with Crippen molar-refractivity contribution in [3.8, 4) is 5.75 Å². The van der Waals surface area contributed by atoms with Gasteiger partial charge in [0.1, 0.15) is 17.1 Å². The van der Waals surface area contributed by atoms with Gasteiger partial charge in [0.2, 0.25) is 0 Å². The van der Waals surface area contributed by atoms with Crippen molar-refractivity contribution in [1.82, 2.24) is 5.32 Å². The predicted octanol–water partition coefficient (Wildman–Crippen LogP) is 3.07. The first-order chi connectivity index (χ1) is 11.4. The number of alkyl halides is 2. The molecule has 2 rings (SSSR count). The van der Waals surface area contributed by atoms with Gasteiger partial charge in [-0.2, -0.15) is 8.78 Å². The lowest BCUT2D eigenvalue weighted by Gasteiger charge is -2.10. The van der Waals surface area contributed by atoms with Gasteiger partial charge in [-0.25, -0.2) is 4.79 Å². The number of aromatic carboxylic acids is 1. The van der Waals surface area contributed by atoms with Crippen LogP contribution in [0.3, 0.4) is 0 Å². The molecule has 1 aromatic heterocycles. The van der Waals surface area contributed by atoms with Crippen molar-refractivity contribution in [1.29, 1.82) is 0 Å². The lowest BCUT2D eigenvalue weighted by molar-refractivity contribution is -0.0504. The van der Waals surface area contributed by atoms with E-state index in [1.807, 2.05) is 0 Å². The van der Waals surface area contributed by atoms with E-state index in [-0.39, 0.29) is 29.4 Å². The zero-order valence-corrected chi connectivity index (χ0v) is 12.7. The molecular weight excluding hydrogens is 324 g/mol.